The van der Waals surface area contributed by atoms with Gasteiger partial charge in [-0.1, -0.05) is 6.92 Å². The van der Waals surface area contributed by atoms with Crippen molar-refractivity contribution in [1.29, 1.82) is 0 Å². The molecule has 0 aliphatic rings. The average molecular weight is 212 g/mol. The molecule has 15 heavy (non-hydrogen) atoms. The highest BCUT2D eigenvalue weighted by molar-refractivity contribution is 5.69. The molecule has 0 amide bonds. The smallest absolute Gasteiger partial charge is 0.307 e. The van der Waals surface area contributed by atoms with Crippen LogP contribution in [0.2, 0.25) is 0 Å². The van der Waals surface area contributed by atoms with Crippen LogP contribution in [0.3, 0.4) is 0 Å². The Morgan fingerprint density at radius 1 is 1.67 bits per heavy atom. The van der Waals surface area contributed by atoms with Crippen LogP contribution in [0, 0.1) is 12.8 Å². The highest BCUT2D eigenvalue weighted by Crippen LogP contribution is 2.12. The van der Waals surface area contributed by atoms with Gasteiger partial charge in [-0.25, -0.2) is 4.98 Å². The number of nitrogens with zero attached hydrogens (tertiary/aromatic N) is 1. The van der Waals surface area contributed by atoms with Crippen LogP contribution in [0.25, 0.3) is 0 Å². The monoisotopic (exact) mass is 212 g/mol. The maximum Gasteiger partial charge on any atom is 0.307 e. The summed E-state index contributed by atoms with van der Waals surface area (Å²) in [7, 11) is 0. The molecule has 5 heteroatoms. The molecule has 0 saturated heterocycles. The van der Waals surface area contributed by atoms with Gasteiger partial charge in [0.25, 0.3) is 0 Å². The summed E-state index contributed by atoms with van der Waals surface area (Å²) in [6.45, 7) is 5.77. The maximum atomic E-state index is 10.6. The molecule has 1 aromatic heterocycles. The van der Waals surface area contributed by atoms with Gasteiger partial charge in [-0.15, -0.1) is 0 Å². The third-order valence-corrected chi connectivity index (χ3v) is 2.16. The Hall–Kier alpha value is -1.36. The first-order chi connectivity index (χ1) is 7.00. The van der Waals surface area contributed by atoms with Crippen LogP contribution in [-0.4, -0.2) is 22.6 Å². The second-order valence-corrected chi connectivity index (χ2v) is 3.68. The van der Waals surface area contributed by atoms with Gasteiger partial charge in [-0.2, -0.15) is 0 Å². The predicted molar refractivity (Wildman–Crippen MR) is 54.5 cm³/mol. The van der Waals surface area contributed by atoms with E-state index in [1.807, 2.05) is 13.8 Å². The summed E-state index contributed by atoms with van der Waals surface area (Å²) >= 11 is 0. The lowest BCUT2D eigenvalue weighted by Crippen LogP contribution is -2.28. The zero-order chi connectivity index (χ0) is 11.4. The molecule has 0 fully saturated rings. The summed E-state index contributed by atoms with van der Waals surface area (Å²) in [4.78, 5) is 14.6. The Morgan fingerprint density at radius 3 is 2.80 bits per heavy atom. The standard InChI is InChI=1S/C10H16N2O3/c1-6(10(13)14)4-11-8(3)9-12-5-7(2)15-9/h5-6,8,11H,4H2,1-3H3,(H,13,14). The number of nitrogens with one attached hydrogen (secondary N) is 1. The number of aryl methyl sites for hydroxylation is 1. The van der Waals surface area contributed by atoms with Gasteiger partial charge in [0.1, 0.15) is 5.76 Å². The van der Waals surface area contributed by atoms with Crippen LogP contribution in [-0.2, 0) is 4.79 Å². The van der Waals surface area contributed by atoms with E-state index in [4.69, 9.17) is 9.52 Å². The minimum Gasteiger partial charge on any atom is -0.481 e. The molecule has 1 rings (SSSR count). The predicted octanol–water partition coefficient (Wildman–Crippen LogP) is 1.35. The molecule has 0 aliphatic carbocycles. The molecule has 0 spiro atoms. The lowest BCUT2D eigenvalue weighted by molar-refractivity contribution is -0.141. The number of carbonyl (C=O) groups is 1. The quantitative estimate of drug-likeness (QED) is 0.770. The molecule has 0 bridgehead atoms. The first-order valence-electron chi connectivity index (χ1n) is 4.89. The summed E-state index contributed by atoms with van der Waals surface area (Å²) in [5.41, 5.74) is 0. The Kier molecular flexibility index (Phi) is 3.85. The van der Waals surface area contributed by atoms with Gasteiger partial charge >= 0.3 is 5.97 Å². The van der Waals surface area contributed by atoms with E-state index in [-0.39, 0.29) is 6.04 Å². The van der Waals surface area contributed by atoms with Crippen molar-refractivity contribution in [3.63, 3.8) is 0 Å². The first-order valence-corrected chi connectivity index (χ1v) is 4.89. The van der Waals surface area contributed by atoms with Gasteiger partial charge in [-0.3, -0.25) is 4.79 Å². The molecule has 0 aliphatic heterocycles. The van der Waals surface area contributed by atoms with E-state index < -0.39 is 11.9 Å². The summed E-state index contributed by atoms with van der Waals surface area (Å²) in [5.74, 6) is 0.122. The minimum absolute atomic E-state index is 0.0690. The van der Waals surface area contributed by atoms with Crippen LogP contribution < -0.4 is 5.32 Å². The van der Waals surface area contributed by atoms with Crippen molar-refractivity contribution in [3.8, 4) is 0 Å². The molecule has 0 aromatic carbocycles. The summed E-state index contributed by atoms with van der Waals surface area (Å²) in [6, 6.07) is -0.0690. The third-order valence-electron chi connectivity index (χ3n) is 2.16. The largest absolute Gasteiger partial charge is 0.481 e. The van der Waals surface area contributed by atoms with Gasteiger partial charge in [0.2, 0.25) is 5.89 Å². The highest BCUT2D eigenvalue weighted by atomic mass is 16.4. The average Bonchev–Trinajstić information content (AvgIpc) is 2.60. The number of rotatable bonds is 5. The fraction of sp³-hybridized carbons (Fsp3) is 0.600. The summed E-state index contributed by atoms with van der Waals surface area (Å²) < 4.78 is 5.32. The van der Waals surface area contributed by atoms with Crippen molar-refractivity contribution in [2.45, 2.75) is 26.8 Å². The van der Waals surface area contributed by atoms with Crippen molar-refractivity contribution >= 4 is 5.97 Å². The molecule has 2 atom stereocenters. The summed E-state index contributed by atoms with van der Waals surface area (Å²) in [5, 5.41) is 11.7. The molecular weight excluding hydrogens is 196 g/mol. The van der Waals surface area contributed by atoms with Crippen LogP contribution in [0.4, 0.5) is 0 Å². The molecule has 2 N–H and O–H groups in total. The SMILES string of the molecule is Cc1cnc(C(C)NCC(C)C(=O)O)o1. The first kappa shape index (κ1) is 11.7. The Labute approximate surface area is 88.5 Å². The molecular formula is C10H16N2O3. The number of oxazole rings is 1. The molecule has 5 nitrogen and oxygen atoms in total. The lowest BCUT2D eigenvalue weighted by Gasteiger charge is -2.12. The number of aromatic nitrogens is 1. The van der Waals surface area contributed by atoms with Crippen molar-refractivity contribution < 1.29 is 14.3 Å². The number of carboxylic acids is 1. The van der Waals surface area contributed by atoms with Crippen molar-refractivity contribution in [2.24, 2.45) is 5.92 Å². The third kappa shape index (κ3) is 3.36. The number of aliphatic carboxylic acids is 1. The van der Waals surface area contributed by atoms with Gasteiger partial charge in [0.05, 0.1) is 18.2 Å². The summed E-state index contributed by atoms with van der Waals surface area (Å²) in [6.07, 6.45) is 1.65. The van der Waals surface area contributed by atoms with E-state index in [1.54, 1.807) is 13.1 Å². The molecule has 0 saturated carbocycles. The Morgan fingerprint density at radius 2 is 2.33 bits per heavy atom. The lowest BCUT2D eigenvalue weighted by atomic mass is 10.2. The highest BCUT2D eigenvalue weighted by Gasteiger charge is 2.15. The normalized spacial score (nSPS) is 14.9. The van der Waals surface area contributed by atoms with E-state index >= 15 is 0 Å². The van der Waals surface area contributed by atoms with E-state index in [0.29, 0.717) is 12.4 Å². The Balaban J connectivity index is 2.43. The number of hydrogen-bond acceptors (Lipinski definition) is 4. The van der Waals surface area contributed by atoms with Crippen LogP contribution in [0.5, 0.6) is 0 Å². The maximum absolute atomic E-state index is 10.6. The molecule has 1 aromatic rings. The fourth-order valence-corrected chi connectivity index (χ4v) is 1.10. The van der Waals surface area contributed by atoms with Crippen molar-refractivity contribution in [1.82, 2.24) is 10.3 Å². The molecule has 0 radical (unpaired) electrons. The zero-order valence-electron chi connectivity index (χ0n) is 9.15. The van der Waals surface area contributed by atoms with E-state index in [0.717, 1.165) is 5.76 Å². The van der Waals surface area contributed by atoms with Crippen molar-refractivity contribution in [3.05, 3.63) is 17.8 Å². The fourth-order valence-electron chi connectivity index (χ4n) is 1.10. The Bertz CT molecular complexity index is 335. The molecule has 2 unspecified atom stereocenters. The van der Waals surface area contributed by atoms with Gasteiger partial charge in [0.15, 0.2) is 0 Å². The van der Waals surface area contributed by atoms with Gasteiger partial charge < -0.3 is 14.8 Å². The van der Waals surface area contributed by atoms with Crippen LogP contribution in [0.1, 0.15) is 31.5 Å². The van der Waals surface area contributed by atoms with E-state index in [1.165, 1.54) is 0 Å². The number of carboxylic acid groups (broad SMARTS) is 1. The zero-order valence-corrected chi connectivity index (χ0v) is 9.15. The van der Waals surface area contributed by atoms with Crippen LogP contribution in [0.15, 0.2) is 10.6 Å². The van der Waals surface area contributed by atoms with Crippen LogP contribution >= 0.6 is 0 Å². The van der Waals surface area contributed by atoms with E-state index in [9.17, 15) is 4.79 Å². The number of hydrogen-bond donors (Lipinski definition) is 2. The van der Waals surface area contributed by atoms with Crippen molar-refractivity contribution in [2.75, 3.05) is 6.54 Å². The second-order valence-electron chi connectivity index (χ2n) is 3.68. The molecule has 1 heterocycles. The minimum atomic E-state index is -0.807. The topological polar surface area (TPSA) is 75.4 Å². The van der Waals surface area contributed by atoms with Gasteiger partial charge in [-0.05, 0) is 13.8 Å². The second kappa shape index (κ2) is 4.93. The van der Waals surface area contributed by atoms with E-state index in [2.05, 4.69) is 10.3 Å². The van der Waals surface area contributed by atoms with Gasteiger partial charge in [0, 0.05) is 6.54 Å². The molecule has 84 valence electrons.